The molecule has 2 aromatic heterocycles. The second kappa shape index (κ2) is 9.89. The largest absolute Gasteiger partial charge is 0.508 e. The van der Waals surface area contributed by atoms with Gasteiger partial charge in [-0.25, -0.2) is 9.97 Å². The van der Waals surface area contributed by atoms with Gasteiger partial charge in [-0.2, -0.15) is 0 Å². The number of nitrogens with one attached hydrogen (secondary N) is 1. The highest BCUT2D eigenvalue weighted by atomic mass is 35.5. The van der Waals surface area contributed by atoms with Crippen molar-refractivity contribution in [1.29, 1.82) is 0 Å². The Balaban J connectivity index is 0.00000256. The first-order chi connectivity index (χ1) is 14.2. The quantitative estimate of drug-likeness (QED) is 0.365. The average molecular weight is 441 g/mol. The molecule has 0 unspecified atom stereocenters. The molecule has 4 rings (SSSR count). The molecule has 0 saturated heterocycles. The summed E-state index contributed by atoms with van der Waals surface area (Å²) in [7, 11) is 0. The molecule has 156 valence electrons. The van der Waals surface area contributed by atoms with Gasteiger partial charge in [0.1, 0.15) is 12.1 Å². The monoisotopic (exact) mass is 440 g/mol. The van der Waals surface area contributed by atoms with Gasteiger partial charge in [-0.15, -0.1) is 23.7 Å². The molecule has 2 aromatic carbocycles. The third-order valence-electron chi connectivity index (χ3n) is 4.93. The Morgan fingerprint density at radius 3 is 2.57 bits per heavy atom. The van der Waals surface area contributed by atoms with E-state index in [-0.39, 0.29) is 18.2 Å². The molecule has 0 aliphatic rings. The number of benzene rings is 2. The summed E-state index contributed by atoms with van der Waals surface area (Å²) in [4.78, 5) is 12.4. The highest BCUT2D eigenvalue weighted by Crippen LogP contribution is 2.37. The number of phenols is 1. The van der Waals surface area contributed by atoms with Crippen molar-refractivity contribution in [2.45, 2.75) is 20.4 Å². The molecule has 0 fully saturated rings. The number of rotatable bonds is 7. The van der Waals surface area contributed by atoms with Crippen LogP contribution >= 0.6 is 23.7 Å². The first kappa shape index (κ1) is 22.0. The minimum Gasteiger partial charge on any atom is -0.508 e. The molecule has 0 spiro atoms. The van der Waals surface area contributed by atoms with Gasteiger partial charge in [0, 0.05) is 23.2 Å². The lowest BCUT2D eigenvalue weighted by Crippen LogP contribution is -2.22. The van der Waals surface area contributed by atoms with Crippen LogP contribution in [0, 0.1) is 0 Å². The maximum Gasteiger partial charge on any atom is 0.151 e. The highest BCUT2D eigenvalue weighted by molar-refractivity contribution is 7.22. The number of fused-ring (bicyclic) bond motifs is 1. The van der Waals surface area contributed by atoms with E-state index < -0.39 is 0 Å². The second-order valence-corrected chi connectivity index (χ2v) is 7.94. The molecule has 0 aliphatic carbocycles. The molecule has 0 aliphatic heterocycles. The lowest BCUT2D eigenvalue weighted by molar-refractivity contribution is 0.296. The van der Waals surface area contributed by atoms with Crippen LogP contribution in [0.25, 0.3) is 20.7 Å². The molecule has 5 nitrogen and oxygen atoms in total. The smallest absolute Gasteiger partial charge is 0.151 e. The minimum atomic E-state index is 0. The summed E-state index contributed by atoms with van der Waals surface area (Å²) >= 11 is 1.68. The fraction of sp³-hybridized carbons (Fsp3) is 0.217. The summed E-state index contributed by atoms with van der Waals surface area (Å²) in [6, 6.07) is 17.9. The zero-order valence-electron chi connectivity index (χ0n) is 17.0. The lowest BCUT2D eigenvalue weighted by Gasteiger charge is -2.18. The summed E-state index contributed by atoms with van der Waals surface area (Å²) in [5, 5.41) is 13.0. The van der Waals surface area contributed by atoms with Crippen LogP contribution in [-0.4, -0.2) is 33.1 Å². The molecule has 2 N–H and O–H groups in total. The summed E-state index contributed by atoms with van der Waals surface area (Å²) in [6.45, 7) is 7.43. The topological polar surface area (TPSA) is 61.3 Å². The molecule has 7 heteroatoms. The van der Waals surface area contributed by atoms with Crippen molar-refractivity contribution in [2.75, 3.05) is 18.4 Å². The zero-order valence-corrected chi connectivity index (χ0v) is 18.6. The van der Waals surface area contributed by atoms with Gasteiger partial charge in [-0.1, -0.05) is 38.1 Å². The van der Waals surface area contributed by atoms with Crippen LogP contribution in [0.4, 0.5) is 11.5 Å². The van der Waals surface area contributed by atoms with Crippen LogP contribution in [0.2, 0.25) is 0 Å². The predicted octanol–water partition coefficient (Wildman–Crippen LogP) is 6.07. The number of hydrogen-bond donors (Lipinski definition) is 2. The fourth-order valence-corrected chi connectivity index (χ4v) is 4.39. The number of phenolic OH excluding ortho intramolecular Hbond substituents is 1. The number of halogens is 1. The third-order valence-corrected chi connectivity index (χ3v) is 6.11. The van der Waals surface area contributed by atoms with Gasteiger partial charge < -0.3 is 10.4 Å². The first-order valence-corrected chi connectivity index (χ1v) is 10.6. The van der Waals surface area contributed by atoms with Crippen molar-refractivity contribution >= 4 is 45.5 Å². The van der Waals surface area contributed by atoms with Crippen molar-refractivity contribution in [1.82, 2.24) is 14.9 Å². The van der Waals surface area contributed by atoms with Crippen LogP contribution in [0.15, 0.2) is 60.9 Å². The van der Waals surface area contributed by atoms with Crippen LogP contribution in [-0.2, 0) is 6.54 Å². The summed E-state index contributed by atoms with van der Waals surface area (Å²) < 4.78 is 1.000. The Kier molecular flexibility index (Phi) is 7.26. The van der Waals surface area contributed by atoms with Crippen molar-refractivity contribution in [2.24, 2.45) is 0 Å². The number of nitrogens with zero attached hydrogens (tertiary/aromatic N) is 3. The maximum atomic E-state index is 9.71. The van der Waals surface area contributed by atoms with Crippen molar-refractivity contribution in [3.8, 4) is 16.2 Å². The van der Waals surface area contributed by atoms with Gasteiger partial charge >= 0.3 is 0 Å². The molecule has 30 heavy (non-hydrogen) atoms. The van der Waals surface area contributed by atoms with Gasteiger partial charge in [0.25, 0.3) is 0 Å². The van der Waals surface area contributed by atoms with E-state index in [2.05, 4.69) is 64.4 Å². The van der Waals surface area contributed by atoms with Gasteiger partial charge in [0.15, 0.2) is 5.82 Å². The van der Waals surface area contributed by atoms with E-state index in [1.54, 1.807) is 35.9 Å². The third kappa shape index (κ3) is 4.90. The molecular weight excluding hydrogens is 416 g/mol. The minimum absolute atomic E-state index is 0. The van der Waals surface area contributed by atoms with Crippen molar-refractivity contribution in [3.05, 3.63) is 66.5 Å². The fourth-order valence-electron chi connectivity index (χ4n) is 3.33. The zero-order chi connectivity index (χ0) is 20.2. The number of aromatic hydroxyl groups is 1. The summed E-state index contributed by atoms with van der Waals surface area (Å²) in [5.41, 5.74) is 4.21. The van der Waals surface area contributed by atoms with Gasteiger partial charge in [0.2, 0.25) is 0 Å². The number of anilines is 2. The van der Waals surface area contributed by atoms with Crippen molar-refractivity contribution < 1.29 is 5.11 Å². The Morgan fingerprint density at radius 2 is 1.80 bits per heavy atom. The van der Waals surface area contributed by atoms with Crippen LogP contribution in [0.5, 0.6) is 5.75 Å². The van der Waals surface area contributed by atoms with Gasteiger partial charge in [-0.05, 0) is 48.5 Å². The van der Waals surface area contributed by atoms with Gasteiger partial charge in [0.05, 0.1) is 10.2 Å². The molecule has 2 heterocycles. The van der Waals surface area contributed by atoms with E-state index >= 15 is 0 Å². The molecule has 0 bridgehead atoms. The standard InChI is InChI=1S/C23H24N4OS.ClH/c1-3-27(4-2)14-16-7-5-8-17(11-16)21-13-20-22(29-21)23(25-15-24-20)26-18-9-6-10-19(28)12-18;/h5-13,15,28H,3-4,14H2,1-2H3,(H,24,25,26);1H. The van der Waals surface area contributed by atoms with Crippen LogP contribution in [0.1, 0.15) is 19.4 Å². The van der Waals surface area contributed by atoms with E-state index in [9.17, 15) is 5.11 Å². The Hall–Kier alpha value is -2.67. The van der Waals surface area contributed by atoms with E-state index in [1.165, 1.54) is 16.0 Å². The van der Waals surface area contributed by atoms with Crippen molar-refractivity contribution in [3.63, 3.8) is 0 Å². The Morgan fingerprint density at radius 1 is 1.00 bits per heavy atom. The molecule has 4 aromatic rings. The first-order valence-electron chi connectivity index (χ1n) is 9.78. The van der Waals surface area contributed by atoms with Crippen LogP contribution in [0.3, 0.4) is 0 Å². The van der Waals surface area contributed by atoms with E-state index in [1.807, 2.05) is 6.07 Å². The Labute approximate surface area is 186 Å². The predicted molar refractivity (Wildman–Crippen MR) is 128 cm³/mol. The Bertz CT molecular complexity index is 1130. The normalized spacial score (nSPS) is 10.9. The molecule has 0 saturated carbocycles. The highest BCUT2D eigenvalue weighted by Gasteiger charge is 2.12. The average Bonchev–Trinajstić information content (AvgIpc) is 3.18. The molecule has 0 radical (unpaired) electrons. The lowest BCUT2D eigenvalue weighted by atomic mass is 10.1. The van der Waals surface area contributed by atoms with Crippen LogP contribution < -0.4 is 5.32 Å². The molecule has 0 amide bonds. The second-order valence-electron chi connectivity index (χ2n) is 6.88. The van der Waals surface area contributed by atoms with E-state index in [0.717, 1.165) is 41.4 Å². The van der Waals surface area contributed by atoms with E-state index in [0.29, 0.717) is 0 Å². The summed E-state index contributed by atoms with van der Waals surface area (Å²) in [6.07, 6.45) is 1.57. The molecule has 0 atom stereocenters. The number of aromatic nitrogens is 2. The SMILES string of the molecule is CCN(CC)Cc1cccc(-c2cc3ncnc(Nc4cccc(O)c4)c3s2)c1.Cl. The number of thiophene rings is 1. The number of hydrogen-bond acceptors (Lipinski definition) is 6. The maximum absolute atomic E-state index is 9.71. The summed E-state index contributed by atoms with van der Waals surface area (Å²) in [5.74, 6) is 0.966. The van der Waals surface area contributed by atoms with E-state index in [4.69, 9.17) is 0 Å². The van der Waals surface area contributed by atoms with Gasteiger partial charge in [-0.3, -0.25) is 4.90 Å². The molecular formula is C23H25ClN4OS.